The summed E-state index contributed by atoms with van der Waals surface area (Å²) in [6, 6.07) is 11.4. The van der Waals surface area contributed by atoms with Gasteiger partial charge in [0.15, 0.2) is 0 Å². The molecule has 0 saturated carbocycles. The molecule has 0 unspecified atom stereocenters. The second kappa shape index (κ2) is 6.69. The number of aromatic nitrogens is 1. The summed E-state index contributed by atoms with van der Waals surface area (Å²) in [5.41, 5.74) is 2.59. The molecule has 0 amide bonds. The number of anilines is 1. The van der Waals surface area contributed by atoms with Crippen molar-refractivity contribution in [3.05, 3.63) is 53.7 Å². The van der Waals surface area contributed by atoms with Crippen LogP contribution in [0.1, 0.15) is 22.3 Å². The van der Waals surface area contributed by atoms with E-state index in [0.29, 0.717) is 11.4 Å². The molecule has 5 nitrogen and oxygen atoms in total. The second-order valence-electron chi connectivity index (χ2n) is 5.66. The molecule has 0 bridgehead atoms. The van der Waals surface area contributed by atoms with Crippen molar-refractivity contribution in [2.24, 2.45) is 0 Å². The maximum absolute atomic E-state index is 11.9. The van der Waals surface area contributed by atoms with Crippen molar-refractivity contribution in [1.29, 1.82) is 0 Å². The minimum absolute atomic E-state index is 0.0657. The van der Waals surface area contributed by atoms with E-state index < -0.39 is 0 Å². The Labute approximate surface area is 135 Å². The van der Waals surface area contributed by atoms with Crippen LogP contribution in [0.2, 0.25) is 0 Å². The number of hydrogen-bond acceptors (Lipinski definition) is 5. The first-order valence-corrected chi connectivity index (χ1v) is 7.69. The average molecular weight is 312 g/mol. The largest absolute Gasteiger partial charge is 0.472 e. The highest BCUT2D eigenvalue weighted by Gasteiger charge is 2.27. The highest BCUT2D eigenvalue weighted by Crippen LogP contribution is 2.26. The van der Waals surface area contributed by atoms with Crippen molar-refractivity contribution in [1.82, 2.24) is 4.98 Å². The number of benzene rings is 1. The number of hydrogen-bond donors (Lipinski definition) is 0. The van der Waals surface area contributed by atoms with Crippen LogP contribution in [0.3, 0.4) is 0 Å². The number of carbonyl (C=O) groups excluding carboxylic acids is 1. The second-order valence-corrected chi connectivity index (χ2v) is 5.66. The highest BCUT2D eigenvalue weighted by atomic mass is 16.5. The first-order valence-electron chi connectivity index (χ1n) is 7.69. The molecule has 23 heavy (non-hydrogen) atoms. The third-order valence-corrected chi connectivity index (χ3v) is 3.97. The smallest absolute Gasteiger partial charge is 0.339 e. The Kier molecular flexibility index (Phi) is 4.46. The first-order chi connectivity index (χ1) is 11.2. The fraction of sp³-hybridized carbons (Fsp3) is 0.333. The summed E-state index contributed by atoms with van der Waals surface area (Å²) in [7, 11) is 1.40. The SMILES string of the molecule is COC(=O)c1ccccc1N1CC[C@@H](Oc2ccc(C)cn2)C1. The topological polar surface area (TPSA) is 51.7 Å². The van der Waals surface area contributed by atoms with Gasteiger partial charge in [0.05, 0.1) is 24.9 Å². The lowest BCUT2D eigenvalue weighted by Crippen LogP contribution is -2.26. The van der Waals surface area contributed by atoms with Crippen molar-refractivity contribution in [2.45, 2.75) is 19.4 Å². The number of methoxy groups -OCH3 is 1. The van der Waals surface area contributed by atoms with Gasteiger partial charge in [0.25, 0.3) is 0 Å². The van der Waals surface area contributed by atoms with Gasteiger partial charge in [-0.3, -0.25) is 0 Å². The summed E-state index contributed by atoms with van der Waals surface area (Å²) >= 11 is 0. The number of pyridine rings is 1. The van der Waals surface area contributed by atoms with Gasteiger partial charge in [-0.1, -0.05) is 18.2 Å². The maximum Gasteiger partial charge on any atom is 0.339 e. The molecule has 0 spiro atoms. The van der Waals surface area contributed by atoms with Gasteiger partial charge in [-0.2, -0.15) is 0 Å². The normalized spacial score (nSPS) is 17.1. The van der Waals surface area contributed by atoms with Gasteiger partial charge >= 0.3 is 5.97 Å². The van der Waals surface area contributed by atoms with Crippen LogP contribution in [-0.4, -0.2) is 37.3 Å². The standard InChI is InChI=1S/C18H20N2O3/c1-13-7-8-17(19-11-13)23-14-9-10-20(12-14)16-6-4-3-5-15(16)18(21)22-2/h3-8,11,14H,9-10,12H2,1-2H3/t14-/m1/s1. The molecular formula is C18H20N2O3. The number of para-hydroxylation sites is 1. The van der Waals surface area contributed by atoms with Gasteiger partial charge in [-0.15, -0.1) is 0 Å². The van der Waals surface area contributed by atoms with E-state index in [0.717, 1.165) is 30.8 Å². The lowest BCUT2D eigenvalue weighted by atomic mass is 10.1. The Morgan fingerprint density at radius 3 is 2.83 bits per heavy atom. The molecule has 3 rings (SSSR count). The molecule has 0 aliphatic carbocycles. The number of rotatable bonds is 4. The van der Waals surface area contributed by atoms with E-state index in [1.54, 1.807) is 12.3 Å². The molecule has 2 aromatic rings. The summed E-state index contributed by atoms with van der Waals surface area (Å²) in [4.78, 5) is 18.3. The quantitative estimate of drug-likeness (QED) is 0.813. The number of carbonyl (C=O) groups is 1. The summed E-state index contributed by atoms with van der Waals surface area (Å²) in [6.45, 7) is 3.56. The predicted molar refractivity (Wildman–Crippen MR) is 88.0 cm³/mol. The van der Waals surface area contributed by atoms with E-state index in [-0.39, 0.29) is 12.1 Å². The van der Waals surface area contributed by atoms with Gasteiger partial charge in [-0.05, 0) is 24.6 Å². The lowest BCUT2D eigenvalue weighted by Gasteiger charge is -2.21. The monoisotopic (exact) mass is 312 g/mol. The fourth-order valence-electron chi connectivity index (χ4n) is 2.77. The maximum atomic E-state index is 11.9. The summed E-state index contributed by atoms with van der Waals surface area (Å²) in [5, 5.41) is 0. The zero-order chi connectivity index (χ0) is 16.2. The van der Waals surface area contributed by atoms with E-state index >= 15 is 0 Å². The van der Waals surface area contributed by atoms with E-state index in [4.69, 9.17) is 9.47 Å². The molecule has 2 heterocycles. The van der Waals surface area contributed by atoms with Crippen molar-refractivity contribution in [3.8, 4) is 5.88 Å². The van der Waals surface area contributed by atoms with E-state index in [1.165, 1.54) is 7.11 Å². The summed E-state index contributed by atoms with van der Waals surface area (Å²) < 4.78 is 10.8. The Balaban J connectivity index is 1.70. The summed E-state index contributed by atoms with van der Waals surface area (Å²) in [6.07, 6.45) is 2.76. The number of ether oxygens (including phenoxy) is 2. The van der Waals surface area contributed by atoms with Crippen LogP contribution >= 0.6 is 0 Å². The van der Waals surface area contributed by atoms with Crippen LogP contribution in [-0.2, 0) is 4.74 Å². The van der Waals surface area contributed by atoms with Gasteiger partial charge < -0.3 is 14.4 Å². The van der Waals surface area contributed by atoms with Gasteiger partial charge in [-0.25, -0.2) is 9.78 Å². The molecular weight excluding hydrogens is 292 g/mol. The van der Waals surface area contributed by atoms with E-state index in [2.05, 4.69) is 9.88 Å². The van der Waals surface area contributed by atoms with E-state index in [9.17, 15) is 4.79 Å². The molecule has 120 valence electrons. The third kappa shape index (κ3) is 3.44. The Morgan fingerprint density at radius 2 is 2.09 bits per heavy atom. The Hall–Kier alpha value is -2.56. The molecule has 0 N–H and O–H groups in total. The predicted octanol–water partition coefficient (Wildman–Crippen LogP) is 2.83. The van der Waals surface area contributed by atoms with E-state index in [1.807, 2.05) is 37.3 Å². The Morgan fingerprint density at radius 1 is 1.26 bits per heavy atom. The lowest BCUT2D eigenvalue weighted by molar-refractivity contribution is 0.0601. The minimum Gasteiger partial charge on any atom is -0.472 e. The number of esters is 1. The van der Waals surface area contributed by atoms with Crippen LogP contribution < -0.4 is 9.64 Å². The van der Waals surface area contributed by atoms with Crippen LogP contribution in [0.4, 0.5) is 5.69 Å². The molecule has 1 aromatic heterocycles. The van der Waals surface area contributed by atoms with Crippen molar-refractivity contribution in [2.75, 3.05) is 25.1 Å². The van der Waals surface area contributed by atoms with Crippen LogP contribution in [0.5, 0.6) is 5.88 Å². The molecule has 1 aliphatic heterocycles. The minimum atomic E-state index is -0.315. The number of nitrogens with zero attached hydrogens (tertiary/aromatic N) is 2. The first kappa shape index (κ1) is 15.3. The van der Waals surface area contributed by atoms with Crippen molar-refractivity contribution >= 4 is 11.7 Å². The average Bonchev–Trinajstić information content (AvgIpc) is 3.04. The van der Waals surface area contributed by atoms with Crippen molar-refractivity contribution < 1.29 is 14.3 Å². The van der Waals surface area contributed by atoms with Gasteiger partial charge in [0, 0.05) is 25.2 Å². The zero-order valence-corrected chi connectivity index (χ0v) is 13.4. The summed E-state index contributed by atoms with van der Waals surface area (Å²) in [5.74, 6) is 0.328. The molecule has 1 aliphatic rings. The van der Waals surface area contributed by atoms with Crippen LogP contribution in [0, 0.1) is 6.92 Å². The molecule has 0 radical (unpaired) electrons. The zero-order valence-electron chi connectivity index (χ0n) is 13.4. The fourth-order valence-corrected chi connectivity index (χ4v) is 2.77. The van der Waals surface area contributed by atoms with Crippen molar-refractivity contribution in [3.63, 3.8) is 0 Å². The van der Waals surface area contributed by atoms with Crippen LogP contribution in [0.15, 0.2) is 42.6 Å². The molecule has 5 heteroatoms. The number of aryl methyl sites for hydroxylation is 1. The van der Waals surface area contributed by atoms with Crippen LogP contribution in [0.25, 0.3) is 0 Å². The molecule has 1 atom stereocenters. The third-order valence-electron chi connectivity index (χ3n) is 3.97. The van der Waals surface area contributed by atoms with Gasteiger partial charge in [0.2, 0.25) is 5.88 Å². The highest BCUT2D eigenvalue weighted by molar-refractivity contribution is 5.95. The molecule has 1 aromatic carbocycles. The Bertz CT molecular complexity index is 685. The molecule has 1 saturated heterocycles. The van der Waals surface area contributed by atoms with Gasteiger partial charge in [0.1, 0.15) is 6.10 Å². The molecule has 1 fully saturated rings.